The van der Waals surface area contributed by atoms with Gasteiger partial charge >= 0.3 is 0 Å². The Balaban J connectivity index is 1.74. The minimum Gasteiger partial charge on any atom is -0.493 e. The SMILES string of the molecule is COc1ccccc1OCCN(C)CC(=O)Nc1cccc(F)c1. The fraction of sp³-hybridized carbons (Fsp3) is 0.278. The van der Waals surface area contributed by atoms with E-state index in [9.17, 15) is 9.18 Å². The Morgan fingerprint density at radius 1 is 1.17 bits per heavy atom. The minimum atomic E-state index is -0.383. The zero-order valence-corrected chi connectivity index (χ0v) is 13.8. The quantitative estimate of drug-likeness (QED) is 0.808. The molecule has 0 atom stereocenters. The van der Waals surface area contributed by atoms with Gasteiger partial charge in [0.15, 0.2) is 11.5 Å². The van der Waals surface area contributed by atoms with Crippen LogP contribution in [0.1, 0.15) is 0 Å². The number of para-hydroxylation sites is 2. The molecule has 6 heteroatoms. The number of hydrogen-bond acceptors (Lipinski definition) is 4. The molecule has 24 heavy (non-hydrogen) atoms. The van der Waals surface area contributed by atoms with E-state index < -0.39 is 0 Å². The molecule has 2 aromatic rings. The van der Waals surface area contributed by atoms with Gasteiger partial charge in [0.2, 0.25) is 5.91 Å². The standard InChI is InChI=1S/C18H21FN2O3/c1-21(10-11-24-17-9-4-3-8-16(17)23-2)13-18(22)20-15-7-5-6-14(19)12-15/h3-9,12H,10-11,13H2,1-2H3,(H,20,22). The Kier molecular flexibility index (Phi) is 6.57. The highest BCUT2D eigenvalue weighted by Crippen LogP contribution is 2.25. The van der Waals surface area contributed by atoms with Crippen molar-refractivity contribution in [3.8, 4) is 11.5 Å². The van der Waals surface area contributed by atoms with Crippen molar-refractivity contribution in [1.82, 2.24) is 4.90 Å². The number of benzene rings is 2. The fourth-order valence-electron chi connectivity index (χ4n) is 2.14. The third-order valence-electron chi connectivity index (χ3n) is 3.32. The predicted octanol–water partition coefficient (Wildman–Crippen LogP) is 2.78. The summed E-state index contributed by atoms with van der Waals surface area (Å²) in [6.07, 6.45) is 0. The topological polar surface area (TPSA) is 50.8 Å². The second-order valence-electron chi connectivity index (χ2n) is 5.30. The molecule has 0 aliphatic rings. The van der Waals surface area contributed by atoms with Crippen molar-refractivity contribution < 1.29 is 18.7 Å². The van der Waals surface area contributed by atoms with Crippen molar-refractivity contribution in [2.75, 3.05) is 39.2 Å². The van der Waals surface area contributed by atoms with Crippen molar-refractivity contribution in [2.24, 2.45) is 0 Å². The molecule has 0 spiro atoms. The summed E-state index contributed by atoms with van der Waals surface area (Å²) in [6, 6.07) is 13.2. The number of nitrogens with zero attached hydrogens (tertiary/aromatic N) is 1. The van der Waals surface area contributed by atoms with E-state index >= 15 is 0 Å². The van der Waals surface area contributed by atoms with Gasteiger partial charge in [0.1, 0.15) is 12.4 Å². The predicted molar refractivity (Wildman–Crippen MR) is 91.0 cm³/mol. The molecular formula is C18H21FN2O3. The van der Waals surface area contributed by atoms with E-state index in [1.54, 1.807) is 19.2 Å². The third kappa shape index (κ3) is 5.55. The number of carbonyl (C=O) groups excluding carboxylic acids is 1. The first kappa shape index (κ1) is 17.7. The summed E-state index contributed by atoms with van der Waals surface area (Å²) >= 11 is 0. The maximum Gasteiger partial charge on any atom is 0.238 e. The van der Waals surface area contributed by atoms with Gasteiger partial charge in [0.05, 0.1) is 13.7 Å². The first-order valence-electron chi connectivity index (χ1n) is 7.58. The largest absolute Gasteiger partial charge is 0.493 e. The summed E-state index contributed by atoms with van der Waals surface area (Å²) in [5.41, 5.74) is 0.443. The lowest BCUT2D eigenvalue weighted by Gasteiger charge is -2.17. The number of ether oxygens (including phenoxy) is 2. The van der Waals surface area contributed by atoms with Crippen LogP contribution in [0.25, 0.3) is 0 Å². The Hall–Kier alpha value is -2.60. The summed E-state index contributed by atoms with van der Waals surface area (Å²) in [5.74, 6) is 0.744. The zero-order chi connectivity index (χ0) is 17.4. The minimum absolute atomic E-state index is 0.186. The van der Waals surface area contributed by atoms with Crippen LogP contribution in [0, 0.1) is 5.82 Å². The maximum absolute atomic E-state index is 13.1. The van der Waals surface area contributed by atoms with Crippen LogP contribution >= 0.6 is 0 Å². The Bertz CT molecular complexity index is 679. The van der Waals surface area contributed by atoms with Gasteiger partial charge in [0.25, 0.3) is 0 Å². The number of carbonyl (C=O) groups is 1. The number of hydrogen-bond donors (Lipinski definition) is 1. The molecule has 2 rings (SSSR count). The summed E-state index contributed by atoms with van der Waals surface area (Å²) in [5, 5.41) is 2.66. The van der Waals surface area contributed by atoms with Crippen LogP contribution in [-0.4, -0.2) is 44.7 Å². The molecule has 0 saturated carbocycles. The number of likely N-dealkylation sites (N-methyl/N-ethyl adjacent to an activating group) is 1. The normalized spacial score (nSPS) is 10.5. The lowest BCUT2D eigenvalue weighted by atomic mass is 10.3. The molecule has 5 nitrogen and oxygen atoms in total. The van der Waals surface area contributed by atoms with E-state index in [2.05, 4.69) is 5.32 Å². The van der Waals surface area contributed by atoms with Gasteiger partial charge in [-0.05, 0) is 37.4 Å². The van der Waals surface area contributed by atoms with Crippen LogP contribution in [0.15, 0.2) is 48.5 Å². The second kappa shape index (κ2) is 8.88. The molecule has 0 unspecified atom stereocenters. The number of amides is 1. The first-order chi connectivity index (χ1) is 11.6. The molecule has 0 heterocycles. The van der Waals surface area contributed by atoms with Crippen LogP contribution in [-0.2, 0) is 4.79 Å². The summed E-state index contributed by atoms with van der Waals surface area (Å²) < 4.78 is 24.0. The van der Waals surface area contributed by atoms with E-state index in [1.807, 2.05) is 36.2 Å². The number of halogens is 1. The summed E-state index contributed by atoms with van der Waals surface area (Å²) in [4.78, 5) is 13.8. The molecule has 2 aromatic carbocycles. The monoisotopic (exact) mass is 332 g/mol. The molecule has 0 fully saturated rings. The lowest BCUT2D eigenvalue weighted by molar-refractivity contribution is -0.117. The molecule has 0 aliphatic heterocycles. The van der Waals surface area contributed by atoms with Gasteiger partial charge < -0.3 is 14.8 Å². The van der Waals surface area contributed by atoms with E-state index in [4.69, 9.17) is 9.47 Å². The average Bonchev–Trinajstić information content (AvgIpc) is 2.55. The fourth-order valence-corrected chi connectivity index (χ4v) is 2.14. The van der Waals surface area contributed by atoms with Crippen LogP contribution in [0.3, 0.4) is 0 Å². The highest BCUT2D eigenvalue weighted by molar-refractivity contribution is 5.92. The van der Waals surface area contributed by atoms with Crippen molar-refractivity contribution >= 4 is 11.6 Å². The number of rotatable bonds is 8. The average molecular weight is 332 g/mol. The molecule has 0 bridgehead atoms. The van der Waals surface area contributed by atoms with Crippen LogP contribution in [0.4, 0.5) is 10.1 Å². The molecule has 128 valence electrons. The van der Waals surface area contributed by atoms with Crippen molar-refractivity contribution in [1.29, 1.82) is 0 Å². The van der Waals surface area contributed by atoms with Gasteiger partial charge in [0, 0.05) is 12.2 Å². The van der Waals surface area contributed by atoms with E-state index in [-0.39, 0.29) is 18.3 Å². The van der Waals surface area contributed by atoms with Gasteiger partial charge in [-0.25, -0.2) is 4.39 Å². The first-order valence-corrected chi connectivity index (χ1v) is 7.58. The molecule has 0 aromatic heterocycles. The van der Waals surface area contributed by atoms with Crippen LogP contribution in [0.5, 0.6) is 11.5 Å². The summed E-state index contributed by atoms with van der Waals surface area (Å²) in [6.45, 7) is 1.17. The van der Waals surface area contributed by atoms with Gasteiger partial charge in [-0.2, -0.15) is 0 Å². The molecule has 0 radical (unpaired) electrons. The molecule has 0 aliphatic carbocycles. The smallest absolute Gasteiger partial charge is 0.238 e. The molecule has 1 amide bonds. The highest BCUT2D eigenvalue weighted by Gasteiger charge is 2.08. The zero-order valence-electron chi connectivity index (χ0n) is 13.8. The van der Waals surface area contributed by atoms with E-state index in [1.165, 1.54) is 12.1 Å². The Labute approximate surface area is 141 Å². The Morgan fingerprint density at radius 3 is 2.62 bits per heavy atom. The second-order valence-corrected chi connectivity index (χ2v) is 5.30. The van der Waals surface area contributed by atoms with Crippen LogP contribution in [0.2, 0.25) is 0 Å². The van der Waals surface area contributed by atoms with Gasteiger partial charge in [-0.1, -0.05) is 18.2 Å². The highest BCUT2D eigenvalue weighted by atomic mass is 19.1. The van der Waals surface area contributed by atoms with Crippen LogP contribution < -0.4 is 14.8 Å². The van der Waals surface area contributed by atoms with E-state index in [0.29, 0.717) is 30.3 Å². The number of anilines is 1. The Morgan fingerprint density at radius 2 is 1.92 bits per heavy atom. The molecule has 0 saturated heterocycles. The van der Waals surface area contributed by atoms with Crippen molar-refractivity contribution in [2.45, 2.75) is 0 Å². The number of nitrogens with one attached hydrogen (secondary N) is 1. The molecular weight excluding hydrogens is 311 g/mol. The van der Waals surface area contributed by atoms with Gasteiger partial charge in [-0.15, -0.1) is 0 Å². The van der Waals surface area contributed by atoms with Crippen molar-refractivity contribution in [3.63, 3.8) is 0 Å². The van der Waals surface area contributed by atoms with Crippen molar-refractivity contribution in [3.05, 3.63) is 54.3 Å². The number of methoxy groups -OCH3 is 1. The summed E-state index contributed by atoms with van der Waals surface area (Å²) in [7, 11) is 3.40. The molecule has 1 N–H and O–H groups in total. The van der Waals surface area contributed by atoms with E-state index in [0.717, 1.165) is 0 Å². The van der Waals surface area contributed by atoms with Gasteiger partial charge in [-0.3, -0.25) is 9.69 Å². The third-order valence-corrected chi connectivity index (χ3v) is 3.32. The maximum atomic E-state index is 13.1. The lowest BCUT2D eigenvalue weighted by Crippen LogP contribution is -2.33.